The summed E-state index contributed by atoms with van der Waals surface area (Å²) in [5.74, 6) is 0.718. The van der Waals surface area contributed by atoms with E-state index in [0.717, 1.165) is 19.5 Å². The minimum absolute atomic E-state index is 0.183. The highest BCUT2D eigenvalue weighted by molar-refractivity contribution is 7.73. The van der Waals surface area contributed by atoms with Crippen LogP contribution >= 0.6 is 0 Å². The van der Waals surface area contributed by atoms with Gasteiger partial charge in [-0.05, 0) is 25.3 Å². The van der Waals surface area contributed by atoms with E-state index in [1.165, 1.54) is 6.42 Å². The number of nitrogens with two attached hydrogens (primary N) is 2. The summed E-state index contributed by atoms with van der Waals surface area (Å²) in [6, 6.07) is 0. The zero-order valence-electron chi connectivity index (χ0n) is 8.43. The van der Waals surface area contributed by atoms with Crippen molar-refractivity contribution in [3.05, 3.63) is 0 Å². The molecule has 0 saturated carbocycles. The molecule has 1 heterocycles. The van der Waals surface area contributed by atoms with Crippen LogP contribution in [0, 0.1) is 11.3 Å². The van der Waals surface area contributed by atoms with Gasteiger partial charge in [-0.3, -0.25) is 14.5 Å². The van der Waals surface area contributed by atoms with E-state index in [1.54, 1.807) is 0 Å². The molecule has 0 spiro atoms. The first-order valence-electron chi connectivity index (χ1n) is 4.56. The molecule has 1 aliphatic rings. The van der Waals surface area contributed by atoms with Crippen molar-refractivity contribution < 1.29 is 13.3 Å². The molecule has 0 aliphatic carbocycles. The molecule has 15 heavy (non-hydrogen) atoms. The molecule has 90 valence electrons. The second-order valence-electron chi connectivity index (χ2n) is 3.31. The Morgan fingerprint density at radius 3 is 2.53 bits per heavy atom. The van der Waals surface area contributed by atoms with Crippen LogP contribution in [0.5, 0.6) is 0 Å². The zero-order valence-corrected chi connectivity index (χ0v) is 9.24. The fourth-order valence-corrected chi connectivity index (χ4v) is 1.48. The fraction of sp³-hybridized carbons (Fsp3) is 0.857. The van der Waals surface area contributed by atoms with E-state index >= 15 is 0 Å². The number of hydrogen-bond donors (Lipinski definition) is 5. The lowest BCUT2D eigenvalue weighted by atomic mass is 9.99. The highest BCUT2D eigenvalue weighted by atomic mass is 32.2. The number of guanidine groups is 1. The number of likely N-dealkylation sites (tertiary alicyclic amines) is 1. The van der Waals surface area contributed by atoms with Crippen molar-refractivity contribution in [2.45, 2.75) is 12.8 Å². The zero-order chi connectivity index (χ0) is 11.8. The highest BCUT2D eigenvalue weighted by Gasteiger charge is 2.18. The van der Waals surface area contributed by atoms with E-state index in [1.807, 2.05) is 4.90 Å². The third-order valence-corrected chi connectivity index (χ3v) is 2.19. The molecule has 1 rings (SSSR count). The summed E-state index contributed by atoms with van der Waals surface area (Å²) in [4.78, 5) is 1.89. The van der Waals surface area contributed by atoms with Crippen molar-refractivity contribution in [3.8, 4) is 0 Å². The Bertz CT molecular complexity index is 222. The molecule has 1 saturated heterocycles. The lowest BCUT2D eigenvalue weighted by Crippen LogP contribution is -2.45. The molecule has 1 atom stereocenters. The van der Waals surface area contributed by atoms with Gasteiger partial charge in [0.2, 0.25) is 0 Å². The second-order valence-corrected chi connectivity index (χ2v) is 3.77. The summed E-state index contributed by atoms with van der Waals surface area (Å²) < 4.78 is 22.8. The maximum absolute atomic E-state index is 8.67. The number of hydrogen-bond acceptors (Lipinski definition) is 3. The van der Waals surface area contributed by atoms with Gasteiger partial charge in [-0.1, -0.05) is 0 Å². The Hall–Kier alpha value is -0.700. The molecule has 7 N–H and O–H groups in total. The van der Waals surface area contributed by atoms with Crippen molar-refractivity contribution in [1.82, 2.24) is 4.90 Å². The van der Waals surface area contributed by atoms with E-state index in [0.29, 0.717) is 12.5 Å². The van der Waals surface area contributed by atoms with Gasteiger partial charge in [0.15, 0.2) is 5.96 Å². The summed E-state index contributed by atoms with van der Waals surface area (Å²) in [5.41, 5.74) is 10.9. The van der Waals surface area contributed by atoms with Crippen LogP contribution in [-0.4, -0.2) is 43.8 Å². The van der Waals surface area contributed by atoms with Gasteiger partial charge in [0, 0.05) is 13.1 Å². The van der Waals surface area contributed by atoms with Crippen LogP contribution in [-0.2, 0) is 11.4 Å². The third kappa shape index (κ3) is 7.25. The molecule has 0 aromatic heterocycles. The van der Waals surface area contributed by atoms with Crippen molar-refractivity contribution in [2.24, 2.45) is 17.4 Å². The van der Waals surface area contributed by atoms with Gasteiger partial charge in [0.05, 0.1) is 0 Å². The quantitative estimate of drug-likeness (QED) is 0.231. The van der Waals surface area contributed by atoms with Crippen LogP contribution < -0.4 is 11.5 Å². The number of nitrogens with zero attached hydrogens (tertiary/aromatic N) is 1. The Morgan fingerprint density at radius 1 is 1.60 bits per heavy atom. The minimum atomic E-state index is -2.61. The summed E-state index contributed by atoms with van der Waals surface area (Å²) >= 11 is -2.61. The minimum Gasteiger partial charge on any atom is -0.370 e. The summed E-state index contributed by atoms with van der Waals surface area (Å²) in [5, 5.41) is 7.22. The van der Waals surface area contributed by atoms with Crippen LogP contribution in [0.2, 0.25) is 0 Å². The van der Waals surface area contributed by atoms with Crippen LogP contribution in [0.1, 0.15) is 12.8 Å². The lowest BCUT2D eigenvalue weighted by Gasteiger charge is -2.32. The predicted molar refractivity (Wildman–Crippen MR) is 58.7 cm³/mol. The maximum atomic E-state index is 8.67. The lowest BCUT2D eigenvalue weighted by molar-refractivity contribution is 0.260. The Morgan fingerprint density at radius 2 is 2.13 bits per heavy atom. The van der Waals surface area contributed by atoms with Gasteiger partial charge in [0.1, 0.15) is 0 Å². The molecule has 1 unspecified atom stereocenters. The van der Waals surface area contributed by atoms with Crippen LogP contribution in [0.25, 0.3) is 0 Å². The normalized spacial score (nSPS) is 20.8. The average molecular weight is 238 g/mol. The van der Waals surface area contributed by atoms with Gasteiger partial charge in [-0.15, -0.1) is 0 Å². The van der Waals surface area contributed by atoms with Crippen molar-refractivity contribution in [2.75, 3.05) is 19.6 Å². The molecule has 1 fully saturated rings. The molecule has 0 aromatic carbocycles. The van der Waals surface area contributed by atoms with Crippen LogP contribution in [0.15, 0.2) is 0 Å². The topological polar surface area (TPSA) is 137 Å². The molecule has 0 radical (unpaired) electrons. The molecule has 0 amide bonds. The molecular formula is C7H18N4O3S. The van der Waals surface area contributed by atoms with Crippen molar-refractivity contribution in [1.29, 1.82) is 5.41 Å². The summed E-state index contributed by atoms with van der Waals surface area (Å²) in [7, 11) is 0. The summed E-state index contributed by atoms with van der Waals surface area (Å²) in [6.45, 7) is 2.50. The fourth-order valence-electron chi connectivity index (χ4n) is 1.48. The van der Waals surface area contributed by atoms with E-state index in [-0.39, 0.29) is 5.96 Å². The molecule has 7 nitrogen and oxygen atoms in total. The van der Waals surface area contributed by atoms with Crippen LogP contribution in [0.3, 0.4) is 0 Å². The van der Waals surface area contributed by atoms with Gasteiger partial charge in [0.25, 0.3) is 11.4 Å². The largest absolute Gasteiger partial charge is 0.370 e. The highest BCUT2D eigenvalue weighted by Crippen LogP contribution is 2.13. The van der Waals surface area contributed by atoms with E-state index in [4.69, 9.17) is 30.2 Å². The third-order valence-electron chi connectivity index (χ3n) is 2.19. The first-order valence-corrected chi connectivity index (χ1v) is 5.62. The van der Waals surface area contributed by atoms with Crippen molar-refractivity contribution >= 4 is 17.3 Å². The first kappa shape index (κ1) is 14.3. The van der Waals surface area contributed by atoms with Crippen LogP contribution in [0.4, 0.5) is 0 Å². The van der Waals surface area contributed by atoms with Gasteiger partial charge >= 0.3 is 0 Å². The Balaban J connectivity index is 0.000000423. The van der Waals surface area contributed by atoms with E-state index in [9.17, 15) is 0 Å². The van der Waals surface area contributed by atoms with Crippen molar-refractivity contribution in [3.63, 3.8) is 0 Å². The SMILES string of the molecule is N=C(N)N1CCCC(CN)C1.O=S(O)O. The summed E-state index contributed by atoms with van der Waals surface area (Å²) in [6.07, 6.45) is 2.29. The van der Waals surface area contributed by atoms with E-state index < -0.39 is 11.4 Å². The first-order chi connectivity index (χ1) is 6.97. The second kappa shape index (κ2) is 7.57. The number of piperidine rings is 1. The standard InChI is InChI=1S/C7H16N4.H2O3S/c8-4-6-2-1-3-11(5-6)7(9)10;1-4(2)3/h6H,1-5,8H2,(H3,9,10);(H2,1,2,3). The molecule has 1 aliphatic heterocycles. The van der Waals surface area contributed by atoms with Gasteiger partial charge < -0.3 is 16.4 Å². The maximum Gasteiger partial charge on any atom is 0.299 e. The smallest absolute Gasteiger partial charge is 0.299 e. The number of nitrogens with one attached hydrogen (secondary N) is 1. The number of rotatable bonds is 1. The molecule has 0 bridgehead atoms. The average Bonchev–Trinajstić information content (AvgIpc) is 2.17. The van der Waals surface area contributed by atoms with Gasteiger partial charge in [-0.25, -0.2) is 0 Å². The van der Waals surface area contributed by atoms with Gasteiger partial charge in [-0.2, -0.15) is 4.21 Å². The Kier molecular flexibility index (Phi) is 7.22. The monoisotopic (exact) mass is 238 g/mol. The molecule has 8 heteroatoms. The molecule has 0 aromatic rings. The Labute approximate surface area is 91.4 Å². The molecular weight excluding hydrogens is 220 g/mol. The predicted octanol–water partition coefficient (Wildman–Crippen LogP) is -0.768. The van der Waals surface area contributed by atoms with E-state index in [2.05, 4.69) is 0 Å².